The first-order chi connectivity index (χ1) is 24.6. The Labute approximate surface area is 294 Å². The molecule has 0 amide bonds. The summed E-state index contributed by atoms with van der Waals surface area (Å²) in [4.78, 5) is 2.55. The fourth-order valence-corrected chi connectivity index (χ4v) is 9.17. The summed E-state index contributed by atoms with van der Waals surface area (Å²) < 4.78 is 2.48. The first-order valence-electron chi connectivity index (χ1n) is 18.2. The van der Waals surface area contributed by atoms with E-state index in [4.69, 9.17) is 0 Å². The summed E-state index contributed by atoms with van der Waals surface area (Å²) in [6, 6.07) is 34.2. The highest BCUT2D eigenvalue weighted by Crippen LogP contribution is 2.51. The van der Waals surface area contributed by atoms with Crippen molar-refractivity contribution >= 4 is 38.6 Å². The van der Waals surface area contributed by atoms with Crippen LogP contribution in [0.5, 0.6) is 0 Å². The molecule has 2 unspecified atom stereocenters. The predicted molar refractivity (Wildman–Crippen MR) is 211 cm³/mol. The zero-order valence-corrected chi connectivity index (χ0v) is 28.7. The number of hydrogen-bond donors (Lipinski definition) is 0. The van der Waals surface area contributed by atoms with E-state index in [0.29, 0.717) is 5.92 Å². The fourth-order valence-electron chi connectivity index (χ4n) is 9.17. The molecule has 0 N–H and O–H groups in total. The van der Waals surface area contributed by atoms with Crippen LogP contribution in [0.4, 0.5) is 5.69 Å². The quantitative estimate of drug-likeness (QED) is 0.190. The van der Waals surface area contributed by atoms with Crippen LogP contribution >= 0.6 is 0 Å². The lowest BCUT2D eigenvalue weighted by Gasteiger charge is -2.28. The van der Waals surface area contributed by atoms with E-state index in [1.807, 2.05) is 0 Å². The molecule has 2 heteroatoms. The summed E-state index contributed by atoms with van der Waals surface area (Å²) in [5.41, 5.74) is 15.8. The molecule has 1 aromatic heterocycles. The first-order valence-corrected chi connectivity index (χ1v) is 18.2. The molecule has 0 bridgehead atoms. The SMILES string of the molecule is CC1(C)C2=C(C=CCC=C2)c2cc3c4cc(C5=CCCC=C6C(=C5)C5C=CC=CC5N6c5ccccc5)ccc4n(-c4ccccc4)c3cc21. The molecule has 242 valence electrons. The lowest BCUT2D eigenvalue weighted by atomic mass is 9.80. The summed E-state index contributed by atoms with van der Waals surface area (Å²) >= 11 is 0. The third-order valence-electron chi connectivity index (χ3n) is 11.6. The molecule has 1 aliphatic heterocycles. The Bertz CT molecular complexity index is 2470. The number of rotatable bonds is 3. The van der Waals surface area contributed by atoms with Gasteiger partial charge < -0.3 is 9.47 Å². The number of aromatic nitrogens is 1. The lowest BCUT2D eigenvalue weighted by molar-refractivity contribution is 0.654. The minimum atomic E-state index is -0.0657. The largest absolute Gasteiger partial charge is 0.334 e. The van der Waals surface area contributed by atoms with E-state index in [1.165, 1.54) is 77.9 Å². The maximum atomic E-state index is 2.55. The summed E-state index contributed by atoms with van der Waals surface area (Å²) in [6.45, 7) is 4.77. The molecule has 2 atom stereocenters. The van der Waals surface area contributed by atoms with Crippen molar-refractivity contribution in [3.63, 3.8) is 0 Å². The minimum Gasteiger partial charge on any atom is -0.334 e. The van der Waals surface area contributed by atoms with Crippen molar-refractivity contribution in [3.8, 4) is 5.69 Å². The second kappa shape index (κ2) is 11.2. The number of benzene rings is 4. The van der Waals surface area contributed by atoms with Gasteiger partial charge in [-0.1, -0.05) is 117 Å². The van der Waals surface area contributed by atoms with Crippen molar-refractivity contribution in [2.75, 3.05) is 4.90 Å². The van der Waals surface area contributed by atoms with Gasteiger partial charge in [0.1, 0.15) is 0 Å². The van der Waals surface area contributed by atoms with Crippen LogP contribution in [-0.4, -0.2) is 10.6 Å². The fraction of sp³-hybridized carbons (Fsp3) is 0.167. The van der Waals surface area contributed by atoms with Gasteiger partial charge in [-0.2, -0.15) is 0 Å². The smallest absolute Gasteiger partial charge is 0.0629 e. The van der Waals surface area contributed by atoms with Crippen molar-refractivity contribution < 1.29 is 0 Å². The van der Waals surface area contributed by atoms with Crippen molar-refractivity contribution in [1.29, 1.82) is 0 Å². The molecule has 5 aromatic rings. The van der Waals surface area contributed by atoms with Crippen molar-refractivity contribution in [3.05, 3.63) is 191 Å². The standard InChI is InChI=1S/C48H40N2/c1-48(2)42-23-11-5-10-21-36(42)38-30-41-40-29-33(26-27-46(40)50(47(41)31-43(38)48)35-19-8-4-9-20-35)32-16-12-14-25-45-39(28-32)37-22-13-15-24-44(37)49(45)34-17-6-3-7-18-34/h3-4,6-11,13,15-31,37,44H,5,12,14H2,1-2H3. The Balaban J connectivity index is 1.17. The van der Waals surface area contributed by atoms with Gasteiger partial charge in [-0.05, 0) is 113 Å². The highest BCUT2D eigenvalue weighted by molar-refractivity contribution is 6.12. The van der Waals surface area contributed by atoms with E-state index in [9.17, 15) is 0 Å². The van der Waals surface area contributed by atoms with Crippen LogP contribution < -0.4 is 4.90 Å². The highest BCUT2D eigenvalue weighted by Gasteiger charge is 2.40. The third kappa shape index (κ3) is 4.34. The first kappa shape index (κ1) is 29.3. The van der Waals surface area contributed by atoms with Crippen LogP contribution in [0.1, 0.15) is 49.8 Å². The normalized spacial score (nSPS) is 21.6. The number of para-hydroxylation sites is 2. The Kier molecular flexibility index (Phi) is 6.58. The van der Waals surface area contributed by atoms with Gasteiger partial charge in [0.05, 0.1) is 17.1 Å². The van der Waals surface area contributed by atoms with E-state index < -0.39 is 0 Å². The molecule has 5 aliphatic rings. The minimum absolute atomic E-state index is 0.0657. The number of nitrogens with zero attached hydrogens (tertiary/aromatic N) is 2. The third-order valence-corrected chi connectivity index (χ3v) is 11.6. The van der Waals surface area contributed by atoms with Gasteiger partial charge in [0.15, 0.2) is 0 Å². The number of anilines is 1. The molecule has 1 fully saturated rings. The number of hydrogen-bond acceptors (Lipinski definition) is 1. The monoisotopic (exact) mass is 644 g/mol. The maximum Gasteiger partial charge on any atom is 0.0629 e. The summed E-state index contributed by atoms with van der Waals surface area (Å²) in [6.07, 6.45) is 29.0. The molecule has 0 saturated carbocycles. The molecule has 0 spiro atoms. The van der Waals surface area contributed by atoms with Crippen LogP contribution in [0, 0.1) is 5.92 Å². The van der Waals surface area contributed by atoms with Gasteiger partial charge in [0.2, 0.25) is 0 Å². The summed E-state index contributed by atoms with van der Waals surface area (Å²) in [5.74, 6) is 0.312. The van der Waals surface area contributed by atoms with Gasteiger partial charge >= 0.3 is 0 Å². The highest BCUT2D eigenvalue weighted by atomic mass is 15.2. The average molecular weight is 645 g/mol. The summed E-state index contributed by atoms with van der Waals surface area (Å²) in [7, 11) is 0. The van der Waals surface area contributed by atoms with Crippen LogP contribution in [0.3, 0.4) is 0 Å². The molecule has 2 heterocycles. The van der Waals surface area contributed by atoms with Crippen molar-refractivity contribution in [1.82, 2.24) is 4.57 Å². The van der Waals surface area contributed by atoms with Crippen LogP contribution in [-0.2, 0) is 5.41 Å². The van der Waals surface area contributed by atoms with Gasteiger partial charge in [-0.15, -0.1) is 0 Å². The molecule has 10 rings (SSSR count). The Morgan fingerprint density at radius 1 is 0.700 bits per heavy atom. The Morgan fingerprint density at radius 3 is 2.28 bits per heavy atom. The zero-order chi connectivity index (χ0) is 33.4. The van der Waals surface area contributed by atoms with E-state index in [2.05, 4.69) is 181 Å². The maximum absolute atomic E-state index is 2.55. The second-order valence-electron chi connectivity index (χ2n) is 14.7. The van der Waals surface area contributed by atoms with E-state index >= 15 is 0 Å². The average Bonchev–Trinajstić information content (AvgIpc) is 3.57. The van der Waals surface area contributed by atoms with Gasteiger partial charge in [0.25, 0.3) is 0 Å². The van der Waals surface area contributed by atoms with Crippen LogP contribution in [0.2, 0.25) is 0 Å². The number of allylic oxidation sites excluding steroid dienone is 13. The van der Waals surface area contributed by atoms with Crippen molar-refractivity contribution in [2.24, 2.45) is 5.92 Å². The van der Waals surface area contributed by atoms with E-state index in [-0.39, 0.29) is 11.5 Å². The molecular formula is C48H40N2. The Hall–Kier alpha value is -5.60. The van der Waals surface area contributed by atoms with E-state index in [0.717, 1.165) is 19.3 Å². The lowest BCUT2D eigenvalue weighted by Crippen LogP contribution is -2.30. The van der Waals surface area contributed by atoms with Crippen LogP contribution in [0.25, 0.3) is 38.6 Å². The molecule has 4 aliphatic carbocycles. The van der Waals surface area contributed by atoms with Gasteiger partial charge in [0, 0.05) is 39.2 Å². The molecule has 2 nitrogen and oxygen atoms in total. The van der Waals surface area contributed by atoms with Crippen molar-refractivity contribution in [2.45, 2.75) is 44.6 Å². The predicted octanol–water partition coefficient (Wildman–Crippen LogP) is 12.0. The van der Waals surface area contributed by atoms with Gasteiger partial charge in [-0.25, -0.2) is 0 Å². The molecule has 0 radical (unpaired) electrons. The number of fused-ring (bicyclic) bond motifs is 8. The molecule has 50 heavy (non-hydrogen) atoms. The second-order valence-corrected chi connectivity index (χ2v) is 14.7. The Morgan fingerprint density at radius 2 is 1.44 bits per heavy atom. The van der Waals surface area contributed by atoms with Gasteiger partial charge in [-0.3, -0.25) is 0 Å². The molecule has 1 saturated heterocycles. The van der Waals surface area contributed by atoms with E-state index in [1.54, 1.807) is 0 Å². The zero-order valence-electron chi connectivity index (χ0n) is 28.7. The topological polar surface area (TPSA) is 8.17 Å². The molecular weight excluding hydrogens is 605 g/mol. The molecule has 4 aromatic carbocycles. The van der Waals surface area contributed by atoms with Crippen LogP contribution in [0.15, 0.2) is 175 Å². The summed E-state index contributed by atoms with van der Waals surface area (Å²) in [5, 5.41) is 2.61.